The van der Waals surface area contributed by atoms with Crippen LogP contribution in [0.3, 0.4) is 0 Å². The molecule has 0 aromatic heterocycles. The molecule has 2 N–H and O–H groups in total. The van der Waals surface area contributed by atoms with E-state index >= 15 is 0 Å². The Kier molecular flexibility index (Phi) is 5.26. The van der Waals surface area contributed by atoms with E-state index in [0.717, 1.165) is 12.5 Å². The highest BCUT2D eigenvalue weighted by molar-refractivity contribution is 4.81. The second kappa shape index (κ2) is 6.02. The van der Waals surface area contributed by atoms with Gasteiger partial charge in [0.15, 0.2) is 0 Å². The highest BCUT2D eigenvalue weighted by Crippen LogP contribution is 2.26. The topological polar surface area (TPSA) is 29.3 Å². The van der Waals surface area contributed by atoms with Crippen molar-refractivity contribution in [1.29, 1.82) is 0 Å². The van der Waals surface area contributed by atoms with Gasteiger partial charge in [-0.1, -0.05) is 33.1 Å². The molecule has 0 bridgehead atoms. The lowest BCUT2D eigenvalue weighted by Crippen LogP contribution is -2.44. The van der Waals surface area contributed by atoms with E-state index < -0.39 is 0 Å². The van der Waals surface area contributed by atoms with Gasteiger partial charge in [-0.2, -0.15) is 0 Å². The van der Waals surface area contributed by atoms with Gasteiger partial charge in [0.2, 0.25) is 0 Å². The SMILES string of the molecule is CC(N)C(C)(C)CN(C)CC1CCCCC1. The van der Waals surface area contributed by atoms with Crippen LogP contribution in [0.4, 0.5) is 0 Å². The van der Waals surface area contributed by atoms with E-state index in [0.29, 0.717) is 0 Å². The molecule has 0 heterocycles. The first-order chi connectivity index (χ1) is 7.42. The Bertz CT molecular complexity index is 193. The summed E-state index contributed by atoms with van der Waals surface area (Å²) in [6.07, 6.45) is 7.20. The largest absolute Gasteiger partial charge is 0.327 e. The van der Waals surface area contributed by atoms with E-state index in [-0.39, 0.29) is 11.5 Å². The third kappa shape index (κ3) is 4.42. The van der Waals surface area contributed by atoms with E-state index in [1.54, 1.807) is 0 Å². The molecule has 0 radical (unpaired) electrons. The fourth-order valence-electron chi connectivity index (χ4n) is 2.71. The molecular weight excluding hydrogens is 196 g/mol. The zero-order valence-corrected chi connectivity index (χ0v) is 11.6. The van der Waals surface area contributed by atoms with Crippen LogP contribution >= 0.6 is 0 Å². The van der Waals surface area contributed by atoms with Crippen LogP contribution in [0.1, 0.15) is 52.9 Å². The molecule has 0 aliphatic heterocycles. The van der Waals surface area contributed by atoms with Gasteiger partial charge in [0.25, 0.3) is 0 Å². The summed E-state index contributed by atoms with van der Waals surface area (Å²) in [5.41, 5.74) is 6.25. The molecule has 16 heavy (non-hydrogen) atoms. The Morgan fingerprint density at radius 3 is 2.31 bits per heavy atom. The smallest absolute Gasteiger partial charge is 0.00739 e. The van der Waals surface area contributed by atoms with Gasteiger partial charge in [-0.3, -0.25) is 0 Å². The second-order valence-electron chi connectivity index (χ2n) is 6.48. The fraction of sp³-hybridized carbons (Fsp3) is 1.00. The lowest BCUT2D eigenvalue weighted by Gasteiger charge is -2.35. The molecule has 2 heteroatoms. The molecule has 2 nitrogen and oxygen atoms in total. The summed E-state index contributed by atoms with van der Waals surface area (Å²) >= 11 is 0. The molecule has 1 saturated carbocycles. The van der Waals surface area contributed by atoms with Gasteiger partial charge >= 0.3 is 0 Å². The van der Waals surface area contributed by atoms with Crippen molar-refractivity contribution in [2.75, 3.05) is 20.1 Å². The normalized spacial score (nSPS) is 21.4. The molecule has 1 fully saturated rings. The minimum atomic E-state index is 0.226. The maximum Gasteiger partial charge on any atom is 0.00739 e. The van der Waals surface area contributed by atoms with Gasteiger partial charge < -0.3 is 10.6 Å². The van der Waals surface area contributed by atoms with Crippen LogP contribution in [-0.2, 0) is 0 Å². The van der Waals surface area contributed by atoms with Gasteiger partial charge in [-0.15, -0.1) is 0 Å². The number of nitrogens with two attached hydrogens (primary N) is 1. The molecule has 1 atom stereocenters. The molecule has 96 valence electrons. The molecule has 0 aromatic rings. The average Bonchev–Trinajstić information content (AvgIpc) is 2.17. The van der Waals surface area contributed by atoms with Crippen molar-refractivity contribution in [3.63, 3.8) is 0 Å². The Hall–Kier alpha value is -0.0800. The molecular formula is C14H30N2. The molecule has 1 aliphatic rings. The van der Waals surface area contributed by atoms with Crippen molar-refractivity contribution < 1.29 is 0 Å². The van der Waals surface area contributed by atoms with Crippen molar-refractivity contribution in [3.8, 4) is 0 Å². The van der Waals surface area contributed by atoms with Crippen molar-refractivity contribution in [2.24, 2.45) is 17.1 Å². The summed E-state index contributed by atoms with van der Waals surface area (Å²) in [5.74, 6) is 0.933. The van der Waals surface area contributed by atoms with Gasteiger partial charge in [0.05, 0.1) is 0 Å². The fourth-order valence-corrected chi connectivity index (χ4v) is 2.71. The quantitative estimate of drug-likeness (QED) is 0.781. The summed E-state index contributed by atoms with van der Waals surface area (Å²) in [6.45, 7) is 9.04. The van der Waals surface area contributed by atoms with Crippen LogP contribution in [0.15, 0.2) is 0 Å². The lowest BCUT2D eigenvalue weighted by atomic mass is 9.84. The zero-order valence-electron chi connectivity index (χ0n) is 11.6. The first-order valence-electron chi connectivity index (χ1n) is 6.86. The third-order valence-electron chi connectivity index (χ3n) is 4.20. The van der Waals surface area contributed by atoms with Crippen molar-refractivity contribution in [3.05, 3.63) is 0 Å². The van der Waals surface area contributed by atoms with E-state index in [1.165, 1.54) is 38.6 Å². The monoisotopic (exact) mass is 226 g/mol. The molecule has 1 aliphatic carbocycles. The maximum absolute atomic E-state index is 6.02. The Morgan fingerprint density at radius 1 is 1.25 bits per heavy atom. The van der Waals surface area contributed by atoms with Gasteiger partial charge in [-0.25, -0.2) is 0 Å². The van der Waals surface area contributed by atoms with Crippen molar-refractivity contribution in [1.82, 2.24) is 4.90 Å². The van der Waals surface area contributed by atoms with Gasteiger partial charge in [0.1, 0.15) is 0 Å². The summed E-state index contributed by atoms with van der Waals surface area (Å²) in [6, 6.07) is 0.265. The van der Waals surface area contributed by atoms with Crippen LogP contribution in [0.2, 0.25) is 0 Å². The van der Waals surface area contributed by atoms with Crippen LogP contribution in [0.5, 0.6) is 0 Å². The second-order valence-corrected chi connectivity index (χ2v) is 6.48. The average molecular weight is 226 g/mol. The minimum Gasteiger partial charge on any atom is -0.327 e. The van der Waals surface area contributed by atoms with E-state index in [9.17, 15) is 0 Å². The standard InChI is InChI=1S/C14H30N2/c1-12(15)14(2,3)11-16(4)10-13-8-6-5-7-9-13/h12-13H,5-11,15H2,1-4H3. The maximum atomic E-state index is 6.02. The number of hydrogen-bond acceptors (Lipinski definition) is 2. The predicted octanol–water partition coefficient (Wildman–Crippen LogP) is 2.87. The zero-order chi connectivity index (χ0) is 12.2. The highest BCUT2D eigenvalue weighted by atomic mass is 15.1. The van der Waals surface area contributed by atoms with Crippen LogP contribution < -0.4 is 5.73 Å². The molecule has 0 aromatic carbocycles. The third-order valence-corrected chi connectivity index (χ3v) is 4.20. The first kappa shape index (κ1) is 14.0. The minimum absolute atomic E-state index is 0.226. The predicted molar refractivity (Wildman–Crippen MR) is 71.5 cm³/mol. The molecule has 1 rings (SSSR count). The van der Waals surface area contributed by atoms with E-state index in [1.807, 2.05) is 0 Å². The van der Waals surface area contributed by atoms with E-state index in [2.05, 4.69) is 32.7 Å². The number of hydrogen-bond donors (Lipinski definition) is 1. The van der Waals surface area contributed by atoms with Gasteiger partial charge in [-0.05, 0) is 38.1 Å². The van der Waals surface area contributed by atoms with E-state index in [4.69, 9.17) is 5.73 Å². The molecule has 0 spiro atoms. The van der Waals surface area contributed by atoms with Crippen molar-refractivity contribution in [2.45, 2.75) is 58.9 Å². The summed E-state index contributed by atoms with van der Waals surface area (Å²) in [4.78, 5) is 2.49. The molecule has 0 saturated heterocycles. The number of nitrogens with zero attached hydrogens (tertiary/aromatic N) is 1. The van der Waals surface area contributed by atoms with Gasteiger partial charge in [0, 0.05) is 19.1 Å². The van der Waals surface area contributed by atoms with Crippen LogP contribution in [0, 0.1) is 11.3 Å². The van der Waals surface area contributed by atoms with Crippen LogP contribution in [0.25, 0.3) is 0 Å². The lowest BCUT2D eigenvalue weighted by molar-refractivity contribution is 0.153. The van der Waals surface area contributed by atoms with Crippen molar-refractivity contribution >= 4 is 0 Å². The summed E-state index contributed by atoms with van der Waals surface area (Å²) in [7, 11) is 2.25. The first-order valence-corrected chi connectivity index (χ1v) is 6.86. The molecule has 0 amide bonds. The highest BCUT2D eigenvalue weighted by Gasteiger charge is 2.25. The van der Waals surface area contributed by atoms with Crippen LogP contribution in [-0.4, -0.2) is 31.1 Å². The summed E-state index contributed by atoms with van der Waals surface area (Å²) < 4.78 is 0. The number of rotatable bonds is 5. The Balaban J connectivity index is 2.31. The molecule has 1 unspecified atom stereocenters. The summed E-state index contributed by atoms with van der Waals surface area (Å²) in [5, 5.41) is 0. The Labute approximate surface area is 102 Å². The Morgan fingerprint density at radius 2 is 1.81 bits per heavy atom.